The van der Waals surface area contributed by atoms with Crippen molar-refractivity contribution in [3.63, 3.8) is 0 Å². The summed E-state index contributed by atoms with van der Waals surface area (Å²) in [5.74, 6) is 0. The van der Waals surface area contributed by atoms with Crippen molar-refractivity contribution >= 4 is 10.0 Å². The van der Waals surface area contributed by atoms with Crippen LogP contribution >= 0.6 is 0 Å². The standard InChI is InChI=1S/C13H19NO3S/c1-10(2)18(15,16)14-12-8-9-17-13(12)11-6-4-3-5-7-11/h3-7,10,12-14H,8-9H2,1-2H3. The third-order valence-electron chi connectivity index (χ3n) is 3.16. The first-order valence-corrected chi connectivity index (χ1v) is 7.73. The van der Waals surface area contributed by atoms with Crippen LogP contribution in [0.25, 0.3) is 0 Å². The molecule has 0 spiro atoms. The van der Waals surface area contributed by atoms with Crippen LogP contribution in [0.2, 0.25) is 0 Å². The van der Waals surface area contributed by atoms with Crippen LogP contribution in [0.15, 0.2) is 30.3 Å². The maximum Gasteiger partial charge on any atom is 0.214 e. The lowest BCUT2D eigenvalue weighted by Gasteiger charge is -2.21. The minimum Gasteiger partial charge on any atom is -0.372 e. The molecule has 2 atom stereocenters. The van der Waals surface area contributed by atoms with Gasteiger partial charge in [-0.25, -0.2) is 13.1 Å². The predicted molar refractivity (Wildman–Crippen MR) is 70.7 cm³/mol. The van der Waals surface area contributed by atoms with E-state index < -0.39 is 15.3 Å². The fourth-order valence-electron chi connectivity index (χ4n) is 2.03. The third kappa shape index (κ3) is 2.91. The Morgan fingerprint density at radius 2 is 1.94 bits per heavy atom. The van der Waals surface area contributed by atoms with Crippen molar-refractivity contribution in [3.05, 3.63) is 35.9 Å². The van der Waals surface area contributed by atoms with Crippen LogP contribution in [0.4, 0.5) is 0 Å². The second-order valence-electron chi connectivity index (χ2n) is 4.81. The van der Waals surface area contributed by atoms with Crippen molar-refractivity contribution in [1.82, 2.24) is 4.72 Å². The first kappa shape index (κ1) is 13.5. The van der Waals surface area contributed by atoms with Crippen LogP contribution in [0, 0.1) is 0 Å². The molecule has 0 aromatic heterocycles. The summed E-state index contributed by atoms with van der Waals surface area (Å²) in [5.41, 5.74) is 1.02. The quantitative estimate of drug-likeness (QED) is 0.907. The smallest absolute Gasteiger partial charge is 0.214 e. The highest BCUT2D eigenvalue weighted by molar-refractivity contribution is 7.90. The van der Waals surface area contributed by atoms with Gasteiger partial charge in [0.05, 0.1) is 17.4 Å². The molecule has 0 bridgehead atoms. The Bertz CT molecular complexity index is 484. The molecule has 18 heavy (non-hydrogen) atoms. The number of rotatable bonds is 4. The zero-order valence-electron chi connectivity index (χ0n) is 10.7. The van der Waals surface area contributed by atoms with Crippen LogP contribution in [0.3, 0.4) is 0 Å². The van der Waals surface area contributed by atoms with E-state index >= 15 is 0 Å². The van der Waals surface area contributed by atoms with E-state index in [9.17, 15) is 8.42 Å². The molecule has 1 saturated heterocycles. The van der Waals surface area contributed by atoms with Crippen molar-refractivity contribution in [1.29, 1.82) is 0 Å². The van der Waals surface area contributed by atoms with Gasteiger partial charge in [-0.2, -0.15) is 0 Å². The molecule has 2 unspecified atom stereocenters. The second kappa shape index (κ2) is 5.38. The zero-order valence-corrected chi connectivity index (χ0v) is 11.5. The highest BCUT2D eigenvalue weighted by atomic mass is 32.2. The SMILES string of the molecule is CC(C)S(=O)(=O)NC1CCOC1c1ccccc1. The van der Waals surface area contributed by atoms with Gasteiger partial charge in [-0.3, -0.25) is 0 Å². The summed E-state index contributed by atoms with van der Waals surface area (Å²) in [6, 6.07) is 9.57. The fraction of sp³-hybridized carbons (Fsp3) is 0.538. The van der Waals surface area contributed by atoms with E-state index in [2.05, 4.69) is 4.72 Å². The van der Waals surface area contributed by atoms with E-state index in [-0.39, 0.29) is 12.1 Å². The zero-order chi connectivity index (χ0) is 13.2. The van der Waals surface area contributed by atoms with Crippen LogP contribution in [0.1, 0.15) is 31.9 Å². The Labute approximate surface area is 108 Å². The molecule has 1 fully saturated rings. The number of nitrogens with one attached hydrogen (secondary N) is 1. The molecule has 5 heteroatoms. The maximum absolute atomic E-state index is 11.9. The Kier molecular flexibility index (Phi) is 4.04. The van der Waals surface area contributed by atoms with E-state index in [4.69, 9.17) is 4.74 Å². The monoisotopic (exact) mass is 269 g/mol. The molecule has 0 saturated carbocycles. The molecule has 0 amide bonds. The number of sulfonamides is 1. The van der Waals surface area contributed by atoms with Gasteiger partial charge in [0.25, 0.3) is 0 Å². The van der Waals surface area contributed by atoms with Gasteiger partial charge in [0.2, 0.25) is 10.0 Å². The molecule has 1 aliphatic heterocycles. The summed E-state index contributed by atoms with van der Waals surface area (Å²) in [6.07, 6.45) is 0.533. The minimum atomic E-state index is -3.25. The molecule has 1 heterocycles. The van der Waals surface area contributed by atoms with Crippen molar-refractivity contribution in [2.75, 3.05) is 6.61 Å². The van der Waals surface area contributed by atoms with Gasteiger partial charge in [-0.05, 0) is 25.8 Å². The average molecular weight is 269 g/mol. The van der Waals surface area contributed by atoms with Crippen LogP contribution in [-0.2, 0) is 14.8 Å². The van der Waals surface area contributed by atoms with Crippen molar-refractivity contribution < 1.29 is 13.2 Å². The number of ether oxygens (including phenoxy) is 1. The van der Waals surface area contributed by atoms with Crippen LogP contribution in [-0.4, -0.2) is 26.3 Å². The molecule has 1 N–H and O–H groups in total. The third-order valence-corrected chi connectivity index (χ3v) is 5.03. The van der Waals surface area contributed by atoms with Crippen LogP contribution in [0.5, 0.6) is 0 Å². The number of hydrogen-bond acceptors (Lipinski definition) is 3. The van der Waals surface area contributed by atoms with E-state index in [0.717, 1.165) is 5.56 Å². The highest BCUT2D eigenvalue weighted by Crippen LogP contribution is 2.29. The fourth-order valence-corrected chi connectivity index (χ4v) is 2.96. The Hall–Kier alpha value is -0.910. The van der Waals surface area contributed by atoms with Gasteiger partial charge in [0.15, 0.2) is 0 Å². The molecule has 1 aliphatic rings. The molecule has 2 rings (SSSR count). The number of hydrogen-bond donors (Lipinski definition) is 1. The minimum absolute atomic E-state index is 0.167. The Morgan fingerprint density at radius 1 is 1.28 bits per heavy atom. The van der Waals surface area contributed by atoms with Gasteiger partial charge < -0.3 is 4.74 Å². The summed E-state index contributed by atoms with van der Waals surface area (Å²) in [7, 11) is -3.25. The van der Waals surface area contributed by atoms with Gasteiger partial charge in [0, 0.05) is 6.61 Å². The second-order valence-corrected chi connectivity index (χ2v) is 7.08. The predicted octanol–water partition coefficient (Wildman–Crippen LogP) is 1.84. The normalized spacial score (nSPS) is 24.6. The Morgan fingerprint density at radius 3 is 2.56 bits per heavy atom. The highest BCUT2D eigenvalue weighted by Gasteiger charge is 2.33. The summed E-state index contributed by atoms with van der Waals surface area (Å²) in [4.78, 5) is 0. The van der Waals surface area contributed by atoms with Crippen LogP contribution < -0.4 is 4.72 Å². The van der Waals surface area contributed by atoms with E-state index in [1.165, 1.54) is 0 Å². The molecule has 1 aromatic carbocycles. The van der Waals surface area contributed by atoms with Gasteiger partial charge >= 0.3 is 0 Å². The lowest BCUT2D eigenvalue weighted by atomic mass is 10.0. The Balaban J connectivity index is 2.14. The first-order chi connectivity index (χ1) is 8.50. The van der Waals surface area contributed by atoms with Crippen molar-refractivity contribution in [3.8, 4) is 0 Å². The van der Waals surface area contributed by atoms with Gasteiger partial charge in [-0.1, -0.05) is 30.3 Å². The van der Waals surface area contributed by atoms with Crippen molar-refractivity contribution in [2.45, 2.75) is 37.7 Å². The molecule has 100 valence electrons. The first-order valence-electron chi connectivity index (χ1n) is 6.18. The van der Waals surface area contributed by atoms with E-state index in [1.54, 1.807) is 13.8 Å². The average Bonchev–Trinajstić information content (AvgIpc) is 2.77. The molecule has 0 aliphatic carbocycles. The van der Waals surface area contributed by atoms with E-state index in [1.807, 2.05) is 30.3 Å². The van der Waals surface area contributed by atoms with Gasteiger partial charge in [0.1, 0.15) is 0 Å². The van der Waals surface area contributed by atoms with E-state index in [0.29, 0.717) is 13.0 Å². The lowest BCUT2D eigenvalue weighted by molar-refractivity contribution is 0.102. The summed E-state index contributed by atoms with van der Waals surface area (Å²) in [5, 5.41) is -0.422. The largest absolute Gasteiger partial charge is 0.372 e. The van der Waals surface area contributed by atoms with Gasteiger partial charge in [-0.15, -0.1) is 0 Å². The topological polar surface area (TPSA) is 55.4 Å². The number of benzene rings is 1. The molecule has 4 nitrogen and oxygen atoms in total. The van der Waals surface area contributed by atoms with Crippen molar-refractivity contribution in [2.24, 2.45) is 0 Å². The molecular formula is C13H19NO3S. The summed E-state index contributed by atoms with van der Waals surface area (Å²) in [6.45, 7) is 3.94. The molecular weight excluding hydrogens is 250 g/mol. The summed E-state index contributed by atoms with van der Waals surface area (Å²) >= 11 is 0. The maximum atomic E-state index is 11.9. The lowest BCUT2D eigenvalue weighted by Crippen LogP contribution is -2.40. The molecule has 1 aromatic rings. The molecule has 0 radical (unpaired) electrons. The summed E-state index contributed by atoms with van der Waals surface area (Å²) < 4.78 is 32.2.